The zero-order chi connectivity index (χ0) is 13.0. The van der Waals surface area contributed by atoms with Crippen molar-refractivity contribution in [2.75, 3.05) is 30.7 Å². The maximum Gasteiger partial charge on any atom is 0.238 e. The van der Waals surface area contributed by atoms with Crippen LogP contribution in [0.25, 0.3) is 0 Å². The lowest BCUT2D eigenvalue weighted by atomic mass is 10.1. The van der Waals surface area contributed by atoms with Gasteiger partial charge >= 0.3 is 0 Å². The summed E-state index contributed by atoms with van der Waals surface area (Å²) in [4.78, 5) is 18.2. The summed E-state index contributed by atoms with van der Waals surface area (Å²) in [6.45, 7) is 4.34. The molecule has 98 valence electrons. The van der Waals surface area contributed by atoms with Gasteiger partial charge in [-0.15, -0.1) is 0 Å². The minimum Gasteiger partial charge on any atom is -0.397 e. The number of likely N-dealkylation sites (tertiary alicyclic amines) is 1. The molecule has 0 unspecified atom stereocenters. The van der Waals surface area contributed by atoms with Gasteiger partial charge < -0.3 is 11.1 Å². The van der Waals surface area contributed by atoms with E-state index in [1.165, 1.54) is 19.3 Å². The van der Waals surface area contributed by atoms with Crippen LogP contribution in [0.5, 0.6) is 0 Å². The molecule has 0 aromatic carbocycles. The van der Waals surface area contributed by atoms with Crippen LogP contribution in [0.2, 0.25) is 0 Å². The fourth-order valence-electron chi connectivity index (χ4n) is 2.19. The minimum absolute atomic E-state index is 0.00685. The molecule has 1 aliphatic rings. The number of nitrogens with two attached hydrogens (primary N) is 1. The van der Waals surface area contributed by atoms with Crippen LogP contribution in [-0.2, 0) is 4.79 Å². The SMILES string of the molecule is Cc1ncc(N)cc1NC(=O)CN1CCCCC1. The predicted octanol–water partition coefficient (Wildman–Crippen LogP) is 1.40. The van der Waals surface area contributed by atoms with Gasteiger partial charge in [-0.05, 0) is 38.9 Å². The van der Waals surface area contributed by atoms with Crippen LogP contribution in [0.15, 0.2) is 12.3 Å². The topological polar surface area (TPSA) is 71.2 Å². The molecule has 1 fully saturated rings. The van der Waals surface area contributed by atoms with Crippen LogP contribution in [0, 0.1) is 6.92 Å². The van der Waals surface area contributed by atoms with E-state index in [0.29, 0.717) is 17.9 Å². The number of pyridine rings is 1. The maximum absolute atomic E-state index is 11.9. The van der Waals surface area contributed by atoms with Crippen molar-refractivity contribution < 1.29 is 4.79 Å². The summed E-state index contributed by atoms with van der Waals surface area (Å²) in [5.41, 5.74) is 7.72. The molecule has 3 N–H and O–H groups in total. The van der Waals surface area contributed by atoms with Crippen molar-refractivity contribution in [1.82, 2.24) is 9.88 Å². The molecule has 0 bridgehead atoms. The minimum atomic E-state index is 0.00685. The second-order valence-electron chi connectivity index (χ2n) is 4.79. The number of rotatable bonds is 3. The van der Waals surface area contributed by atoms with Crippen molar-refractivity contribution in [2.45, 2.75) is 26.2 Å². The van der Waals surface area contributed by atoms with Crippen LogP contribution in [0.4, 0.5) is 11.4 Å². The zero-order valence-corrected chi connectivity index (χ0v) is 10.8. The molecule has 1 amide bonds. The Bertz CT molecular complexity index is 427. The number of anilines is 2. The molecule has 18 heavy (non-hydrogen) atoms. The van der Waals surface area contributed by atoms with Gasteiger partial charge in [-0.2, -0.15) is 0 Å². The van der Waals surface area contributed by atoms with Crippen LogP contribution in [0.3, 0.4) is 0 Å². The van der Waals surface area contributed by atoms with E-state index in [4.69, 9.17) is 5.73 Å². The molecule has 0 spiro atoms. The summed E-state index contributed by atoms with van der Waals surface area (Å²) in [5, 5.41) is 2.88. The Morgan fingerprint density at radius 1 is 1.44 bits per heavy atom. The van der Waals surface area contributed by atoms with Gasteiger partial charge in [-0.3, -0.25) is 14.7 Å². The number of amides is 1. The molecule has 0 aliphatic carbocycles. The lowest BCUT2D eigenvalue weighted by Gasteiger charge is -2.25. The van der Waals surface area contributed by atoms with Crippen LogP contribution >= 0.6 is 0 Å². The quantitative estimate of drug-likeness (QED) is 0.848. The van der Waals surface area contributed by atoms with Gasteiger partial charge in [0.2, 0.25) is 5.91 Å². The monoisotopic (exact) mass is 248 g/mol. The molecule has 0 saturated carbocycles. The Balaban J connectivity index is 1.92. The molecule has 5 nitrogen and oxygen atoms in total. The van der Waals surface area contributed by atoms with E-state index in [1.54, 1.807) is 12.3 Å². The van der Waals surface area contributed by atoms with Gasteiger partial charge in [0.05, 0.1) is 29.8 Å². The van der Waals surface area contributed by atoms with Crippen LogP contribution in [-0.4, -0.2) is 35.4 Å². The van der Waals surface area contributed by atoms with Gasteiger partial charge in [0.15, 0.2) is 0 Å². The molecule has 0 atom stereocenters. The van der Waals surface area contributed by atoms with Gasteiger partial charge in [0.1, 0.15) is 0 Å². The van der Waals surface area contributed by atoms with E-state index in [-0.39, 0.29) is 5.91 Å². The van der Waals surface area contributed by atoms with Gasteiger partial charge in [-0.25, -0.2) is 0 Å². The van der Waals surface area contributed by atoms with Crippen molar-refractivity contribution >= 4 is 17.3 Å². The van der Waals surface area contributed by atoms with E-state index in [9.17, 15) is 4.79 Å². The highest BCUT2D eigenvalue weighted by molar-refractivity contribution is 5.93. The third kappa shape index (κ3) is 3.43. The third-order valence-corrected chi connectivity index (χ3v) is 3.20. The largest absolute Gasteiger partial charge is 0.397 e. The highest BCUT2D eigenvalue weighted by Crippen LogP contribution is 2.15. The number of hydrogen-bond acceptors (Lipinski definition) is 4. The van der Waals surface area contributed by atoms with Gasteiger partial charge in [0, 0.05) is 0 Å². The van der Waals surface area contributed by atoms with E-state index in [1.807, 2.05) is 6.92 Å². The average Bonchev–Trinajstić information content (AvgIpc) is 2.35. The molecule has 5 heteroatoms. The first-order valence-electron chi connectivity index (χ1n) is 6.39. The summed E-state index contributed by atoms with van der Waals surface area (Å²) in [5.74, 6) is 0.00685. The van der Waals surface area contributed by atoms with Crippen molar-refractivity contribution in [3.8, 4) is 0 Å². The number of aromatic nitrogens is 1. The molecular weight excluding hydrogens is 228 g/mol. The van der Waals surface area contributed by atoms with Crippen molar-refractivity contribution in [1.29, 1.82) is 0 Å². The van der Waals surface area contributed by atoms with E-state index in [2.05, 4.69) is 15.2 Å². The van der Waals surface area contributed by atoms with Crippen molar-refractivity contribution in [2.24, 2.45) is 0 Å². The Hall–Kier alpha value is -1.62. The first-order valence-corrected chi connectivity index (χ1v) is 6.39. The first-order chi connectivity index (χ1) is 8.65. The fourth-order valence-corrected chi connectivity index (χ4v) is 2.19. The van der Waals surface area contributed by atoms with E-state index < -0.39 is 0 Å². The third-order valence-electron chi connectivity index (χ3n) is 3.20. The number of carbonyl (C=O) groups is 1. The first kappa shape index (κ1) is 12.8. The summed E-state index contributed by atoms with van der Waals surface area (Å²) in [7, 11) is 0. The Morgan fingerprint density at radius 3 is 2.89 bits per heavy atom. The highest BCUT2D eigenvalue weighted by atomic mass is 16.2. The Kier molecular flexibility index (Phi) is 4.15. The standard InChI is InChI=1S/C13H20N4O/c1-10-12(7-11(14)8-15-10)16-13(18)9-17-5-3-2-4-6-17/h7-8H,2-6,9,14H2,1H3,(H,16,18). The molecule has 0 radical (unpaired) electrons. The second-order valence-corrected chi connectivity index (χ2v) is 4.79. The number of nitrogen functional groups attached to an aromatic ring is 1. The van der Waals surface area contributed by atoms with E-state index in [0.717, 1.165) is 18.8 Å². The molecule has 1 saturated heterocycles. The summed E-state index contributed by atoms with van der Waals surface area (Å²) in [6.07, 6.45) is 5.24. The highest BCUT2D eigenvalue weighted by Gasteiger charge is 2.14. The number of carbonyl (C=O) groups excluding carboxylic acids is 1. The average molecular weight is 248 g/mol. The molecule has 2 rings (SSSR count). The summed E-state index contributed by atoms with van der Waals surface area (Å²) >= 11 is 0. The molecule has 1 aliphatic heterocycles. The van der Waals surface area contributed by atoms with Gasteiger partial charge in [0.25, 0.3) is 0 Å². The summed E-state index contributed by atoms with van der Waals surface area (Å²) in [6, 6.07) is 1.75. The lowest BCUT2D eigenvalue weighted by Crippen LogP contribution is -2.36. The van der Waals surface area contributed by atoms with E-state index >= 15 is 0 Å². The fraction of sp³-hybridized carbons (Fsp3) is 0.538. The van der Waals surface area contributed by atoms with Crippen LogP contribution in [0.1, 0.15) is 25.0 Å². The number of aryl methyl sites for hydroxylation is 1. The smallest absolute Gasteiger partial charge is 0.238 e. The molecule has 1 aromatic heterocycles. The predicted molar refractivity (Wildman–Crippen MR) is 72.3 cm³/mol. The van der Waals surface area contributed by atoms with Crippen molar-refractivity contribution in [3.05, 3.63) is 18.0 Å². The lowest BCUT2D eigenvalue weighted by molar-refractivity contribution is -0.117. The number of nitrogens with one attached hydrogen (secondary N) is 1. The molecule has 2 heterocycles. The Morgan fingerprint density at radius 2 is 2.17 bits per heavy atom. The van der Waals surface area contributed by atoms with Crippen LogP contribution < -0.4 is 11.1 Å². The number of nitrogens with zero attached hydrogens (tertiary/aromatic N) is 2. The number of hydrogen-bond donors (Lipinski definition) is 2. The zero-order valence-electron chi connectivity index (χ0n) is 10.8. The van der Waals surface area contributed by atoms with Crippen molar-refractivity contribution in [3.63, 3.8) is 0 Å². The summed E-state index contributed by atoms with van der Waals surface area (Å²) < 4.78 is 0. The molecule has 1 aromatic rings. The number of piperidine rings is 1. The molecular formula is C13H20N4O. The normalized spacial score (nSPS) is 16.5. The second kappa shape index (κ2) is 5.82. The maximum atomic E-state index is 11.9. The Labute approximate surface area is 107 Å². The van der Waals surface area contributed by atoms with Gasteiger partial charge in [-0.1, -0.05) is 6.42 Å².